The Morgan fingerprint density at radius 2 is 2.22 bits per heavy atom. The van der Waals surface area contributed by atoms with Crippen LogP contribution in [0.1, 0.15) is 39.6 Å². The molecular weight excluding hydrogens is 346 g/mol. The van der Waals surface area contributed by atoms with Gasteiger partial charge in [0.25, 0.3) is 11.8 Å². The van der Waals surface area contributed by atoms with Crippen molar-refractivity contribution in [2.45, 2.75) is 25.8 Å². The molecule has 8 heteroatoms. The van der Waals surface area contributed by atoms with Crippen LogP contribution in [0.5, 0.6) is 0 Å². The number of nitrogens with one attached hydrogen (secondary N) is 2. The van der Waals surface area contributed by atoms with Crippen molar-refractivity contribution in [3.63, 3.8) is 0 Å². The van der Waals surface area contributed by atoms with Crippen LogP contribution in [-0.4, -0.2) is 40.9 Å². The van der Waals surface area contributed by atoms with Crippen LogP contribution >= 0.6 is 0 Å². The van der Waals surface area contributed by atoms with Gasteiger partial charge in [-0.1, -0.05) is 0 Å². The quantitative estimate of drug-likeness (QED) is 0.652. The van der Waals surface area contributed by atoms with Gasteiger partial charge in [-0.3, -0.25) is 9.59 Å². The van der Waals surface area contributed by atoms with Crippen molar-refractivity contribution in [1.82, 2.24) is 15.3 Å². The summed E-state index contributed by atoms with van der Waals surface area (Å²) >= 11 is 0. The lowest BCUT2D eigenvalue weighted by Crippen LogP contribution is -2.48. The summed E-state index contributed by atoms with van der Waals surface area (Å²) in [5.74, 6) is -0.218. The van der Waals surface area contributed by atoms with Gasteiger partial charge in [0.1, 0.15) is 6.26 Å². The normalized spacial score (nSPS) is 17.2. The Bertz CT molecular complexity index is 1010. The highest BCUT2D eigenvalue weighted by molar-refractivity contribution is 6.08. The monoisotopic (exact) mass is 367 g/mol. The van der Waals surface area contributed by atoms with Gasteiger partial charge in [0.15, 0.2) is 11.6 Å². The lowest BCUT2D eigenvalue weighted by atomic mass is 10.0. The van der Waals surface area contributed by atoms with E-state index in [9.17, 15) is 9.59 Å². The summed E-state index contributed by atoms with van der Waals surface area (Å²) < 4.78 is 5.11. The molecule has 0 bridgehead atoms. The standard InChI is InChI=1S/C19H21N5O3/c1-11-22-15(10-27-11)19(26)23-12-3-2-8-24(9-12)16-5-4-14(18(20)25)17-13(16)6-7-21-17/h4-7,10,12,21H,2-3,8-9H2,1H3,(H2,20,25)(H,23,26). The first-order chi connectivity index (χ1) is 13.0. The number of aryl methyl sites for hydroxylation is 1. The van der Waals surface area contributed by atoms with Gasteiger partial charge < -0.3 is 25.4 Å². The van der Waals surface area contributed by atoms with Crippen molar-refractivity contribution in [3.05, 3.63) is 47.8 Å². The molecule has 0 spiro atoms. The lowest BCUT2D eigenvalue weighted by molar-refractivity contribution is 0.0927. The van der Waals surface area contributed by atoms with Crippen LogP contribution < -0.4 is 16.0 Å². The van der Waals surface area contributed by atoms with E-state index in [1.165, 1.54) is 6.26 Å². The van der Waals surface area contributed by atoms with Crippen LogP contribution in [0.4, 0.5) is 5.69 Å². The molecule has 3 aromatic rings. The molecule has 1 saturated heterocycles. The summed E-state index contributed by atoms with van der Waals surface area (Å²) in [6.45, 7) is 3.27. The second kappa shape index (κ2) is 6.79. The number of benzene rings is 1. The highest BCUT2D eigenvalue weighted by Crippen LogP contribution is 2.30. The molecule has 2 aromatic heterocycles. The second-order valence-corrected chi connectivity index (χ2v) is 6.77. The minimum atomic E-state index is -0.458. The van der Waals surface area contributed by atoms with E-state index in [-0.39, 0.29) is 11.9 Å². The Morgan fingerprint density at radius 1 is 1.37 bits per heavy atom. The van der Waals surface area contributed by atoms with E-state index in [4.69, 9.17) is 10.2 Å². The average Bonchev–Trinajstić information content (AvgIpc) is 3.30. The van der Waals surface area contributed by atoms with Crippen molar-refractivity contribution in [1.29, 1.82) is 0 Å². The summed E-state index contributed by atoms with van der Waals surface area (Å²) in [6, 6.07) is 5.61. The molecule has 1 atom stereocenters. The van der Waals surface area contributed by atoms with Gasteiger partial charge in [0.2, 0.25) is 0 Å². The number of primary amides is 1. The topological polar surface area (TPSA) is 117 Å². The molecule has 4 N–H and O–H groups in total. The smallest absolute Gasteiger partial charge is 0.273 e. The summed E-state index contributed by atoms with van der Waals surface area (Å²) in [4.78, 5) is 33.4. The molecule has 0 saturated carbocycles. The number of hydrogen-bond acceptors (Lipinski definition) is 5. The third-order valence-corrected chi connectivity index (χ3v) is 4.91. The summed E-state index contributed by atoms with van der Waals surface area (Å²) in [5.41, 5.74) is 8.00. The Labute approximate surface area is 155 Å². The molecule has 1 aliphatic rings. The zero-order chi connectivity index (χ0) is 19.0. The number of fused-ring (bicyclic) bond motifs is 1. The number of aromatic amines is 1. The van der Waals surface area contributed by atoms with Crippen molar-refractivity contribution in [3.8, 4) is 0 Å². The van der Waals surface area contributed by atoms with Crippen LogP contribution in [0.15, 0.2) is 35.1 Å². The van der Waals surface area contributed by atoms with Crippen molar-refractivity contribution in [2.24, 2.45) is 5.73 Å². The SMILES string of the molecule is Cc1nc(C(=O)NC2CCCN(c3ccc(C(N)=O)c4[nH]ccc34)C2)co1. The van der Waals surface area contributed by atoms with Gasteiger partial charge in [-0.2, -0.15) is 0 Å². The van der Waals surface area contributed by atoms with Gasteiger partial charge in [-0.25, -0.2) is 4.98 Å². The zero-order valence-electron chi connectivity index (χ0n) is 15.0. The predicted octanol–water partition coefficient (Wildman–Crippen LogP) is 1.96. The highest BCUT2D eigenvalue weighted by atomic mass is 16.3. The van der Waals surface area contributed by atoms with Crippen LogP contribution in [0, 0.1) is 6.92 Å². The number of anilines is 1. The number of oxazole rings is 1. The number of hydrogen-bond donors (Lipinski definition) is 3. The van der Waals surface area contributed by atoms with E-state index < -0.39 is 5.91 Å². The lowest BCUT2D eigenvalue weighted by Gasteiger charge is -2.35. The Balaban J connectivity index is 1.54. The fraction of sp³-hybridized carbons (Fsp3) is 0.316. The summed E-state index contributed by atoms with van der Waals surface area (Å²) in [5, 5.41) is 3.98. The molecule has 140 valence electrons. The molecule has 27 heavy (non-hydrogen) atoms. The number of piperidine rings is 1. The van der Waals surface area contributed by atoms with Crippen molar-refractivity contribution >= 4 is 28.4 Å². The molecule has 0 radical (unpaired) electrons. The first kappa shape index (κ1) is 17.1. The minimum Gasteiger partial charge on any atom is -0.448 e. The molecule has 0 aliphatic carbocycles. The van der Waals surface area contributed by atoms with E-state index in [1.807, 2.05) is 12.1 Å². The summed E-state index contributed by atoms with van der Waals surface area (Å²) in [7, 11) is 0. The Hall–Kier alpha value is -3.29. The molecular formula is C19H21N5O3. The molecule has 3 heterocycles. The molecule has 1 aromatic carbocycles. The molecule has 1 aliphatic heterocycles. The van der Waals surface area contributed by atoms with Crippen LogP contribution in [0.25, 0.3) is 10.9 Å². The van der Waals surface area contributed by atoms with E-state index in [2.05, 4.69) is 20.2 Å². The number of nitrogens with two attached hydrogens (primary N) is 1. The molecule has 4 rings (SSSR count). The van der Waals surface area contributed by atoms with Crippen molar-refractivity contribution in [2.75, 3.05) is 18.0 Å². The molecule has 1 fully saturated rings. The number of nitrogens with zero attached hydrogens (tertiary/aromatic N) is 2. The van der Waals surface area contributed by atoms with Gasteiger partial charge >= 0.3 is 0 Å². The number of amides is 2. The molecule has 1 unspecified atom stereocenters. The second-order valence-electron chi connectivity index (χ2n) is 6.77. The van der Waals surface area contributed by atoms with Crippen molar-refractivity contribution < 1.29 is 14.0 Å². The first-order valence-electron chi connectivity index (χ1n) is 8.91. The van der Waals surface area contributed by atoms with Crippen LogP contribution in [0.3, 0.4) is 0 Å². The van der Waals surface area contributed by atoms with Gasteiger partial charge in [-0.15, -0.1) is 0 Å². The maximum atomic E-state index is 12.4. The van der Waals surface area contributed by atoms with E-state index >= 15 is 0 Å². The fourth-order valence-corrected chi connectivity index (χ4v) is 3.66. The Kier molecular flexibility index (Phi) is 4.31. The number of H-pyrrole nitrogens is 1. The summed E-state index contributed by atoms with van der Waals surface area (Å²) in [6.07, 6.45) is 5.02. The molecule has 8 nitrogen and oxygen atoms in total. The average molecular weight is 367 g/mol. The first-order valence-corrected chi connectivity index (χ1v) is 8.91. The minimum absolute atomic E-state index is 0.00747. The van der Waals surface area contributed by atoms with Crippen LogP contribution in [-0.2, 0) is 0 Å². The van der Waals surface area contributed by atoms with E-state index in [1.54, 1.807) is 19.2 Å². The van der Waals surface area contributed by atoms with Gasteiger partial charge in [-0.05, 0) is 31.0 Å². The van der Waals surface area contributed by atoms with Gasteiger partial charge in [0, 0.05) is 43.3 Å². The van der Waals surface area contributed by atoms with E-state index in [0.29, 0.717) is 23.7 Å². The maximum Gasteiger partial charge on any atom is 0.273 e. The maximum absolute atomic E-state index is 12.4. The van der Waals surface area contributed by atoms with Crippen LogP contribution in [0.2, 0.25) is 0 Å². The number of rotatable bonds is 4. The molecule has 2 amide bonds. The third kappa shape index (κ3) is 3.25. The fourth-order valence-electron chi connectivity index (χ4n) is 3.66. The van der Waals surface area contributed by atoms with E-state index in [0.717, 1.165) is 36.0 Å². The largest absolute Gasteiger partial charge is 0.448 e. The third-order valence-electron chi connectivity index (χ3n) is 4.91. The zero-order valence-corrected chi connectivity index (χ0v) is 15.0. The van der Waals surface area contributed by atoms with Gasteiger partial charge in [0.05, 0.1) is 11.1 Å². The number of carbonyl (C=O) groups is 2. The number of carbonyl (C=O) groups excluding carboxylic acids is 2. The Morgan fingerprint density at radius 3 is 2.96 bits per heavy atom. The predicted molar refractivity (Wildman–Crippen MR) is 101 cm³/mol. The number of aromatic nitrogens is 2. The highest BCUT2D eigenvalue weighted by Gasteiger charge is 2.25.